The van der Waals surface area contributed by atoms with Crippen molar-refractivity contribution >= 4 is 0 Å². The van der Waals surface area contributed by atoms with Crippen molar-refractivity contribution in [3.8, 4) is 0 Å². The van der Waals surface area contributed by atoms with Gasteiger partial charge in [0.2, 0.25) is 0 Å². The number of ether oxygens (including phenoxy) is 2. The minimum atomic E-state index is 0.362. The lowest BCUT2D eigenvalue weighted by Crippen LogP contribution is -2.25. The third-order valence-electron chi connectivity index (χ3n) is 2.68. The first kappa shape index (κ1) is 12.0. The molecule has 0 N–H and O–H groups in total. The SMILES string of the molecule is CC(C)OCCC[C@H]1CCCC(C)O1. The zero-order valence-corrected chi connectivity index (χ0v) is 9.79. The Morgan fingerprint density at radius 2 is 2.14 bits per heavy atom. The number of hydrogen-bond donors (Lipinski definition) is 0. The monoisotopic (exact) mass is 200 g/mol. The first-order valence-corrected chi connectivity index (χ1v) is 5.95. The maximum atomic E-state index is 5.84. The Morgan fingerprint density at radius 1 is 1.36 bits per heavy atom. The van der Waals surface area contributed by atoms with Gasteiger partial charge >= 0.3 is 0 Å². The summed E-state index contributed by atoms with van der Waals surface area (Å²) < 4.78 is 11.3. The van der Waals surface area contributed by atoms with Crippen molar-refractivity contribution in [2.24, 2.45) is 0 Å². The highest BCUT2D eigenvalue weighted by molar-refractivity contribution is 4.68. The summed E-state index contributed by atoms with van der Waals surface area (Å²) in [6.45, 7) is 7.22. The fourth-order valence-electron chi connectivity index (χ4n) is 1.94. The predicted octanol–water partition coefficient (Wildman–Crippen LogP) is 3.15. The van der Waals surface area contributed by atoms with Crippen molar-refractivity contribution in [3.05, 3.63) is 0 Å². The van der Waals surface area contributed by atoms with Gasteiger partial charge in [-0.25, -0.2) is 0 Å². The van der Waals surface area contributed by atoms with Gasteiger partial charge in [-0.15, -0.1) is 0 Å². The lowest BCUT2D eigenvalue weighted by Gasteiger charge is -2.27. The second kappa shape index (κ2) is 6.41. The zero-order chi connectivity index (χ0) is 10.4. The summed E-state index contributed by atoms with van der Waals surface area (Å²) in [5, 5.41) is 0. The molecule has 0 saturated carbocycles. The van der Waals surface area contributed by atoms with E-state index in [9.17, 15) is 0 Å². The molecule has 1 saturated heterocycles. The van der Waals surface area contributed by atoms with Gasteiger partial charge in [0.15, 0.2) is 0 Å². The highest BCUT2D eigenvalue weighted by Crippen LogP contribution is 2.21. The van der Waals surface area contributed by atoms with Crippen molar-refractivity contribution in [1.29, 1.82) is 0 Å². The lowest BCUT2D eigenvalue weighted by molar-refractivity contribution is -0.0479. The van der Waals surface area contributed by atoms with E-state index in [0.29, 0.717) is 18.3 Å². The summed E-state index contributed by atoms with van der Waals surface area (Å²) in [7, 11) is 0. The highest BCUT2D eigenvalue weighted by Gasteiger charge is 2.18. The first-order valence-electron chi connectivity index (χ1n) is 5.95. The molecule has 1 fully saturated rings. The molecular formula is C12H24O2. The van der Waals surface area contributed by atoms with Gasteiger partial charge in [-0.1, -0.05) is 0 Å². The molecule has 0 aromatic rings. The summed E-state index contributed by atoms with van der Waals surface area (Å²) in [6.07, 6.45) is 7.43. The van der Waals surface area contributed by atoms with E-state index in [1.807, 2.05) is 0 Å². The smallest absolute Gasteiger partial charge is 0.0579 e. The maximum absolute atomic E-state index is 5.84. The molecule has 0 bridgehead atoms. The molecule has 0 aliphatic carbocycles. The summed E-state index contributed by atoms with van der Waals surface area (Å²) >= 11 is 0. The molecule has 1 heterocycles. The van der Waals surface area contributed by atoms with Gasteiger partial charge < -0.3 is 9.47 Å². The van der Waals surface area contributed by atoms with Gasteiger partial charge in [-0.2, -0.15) is 0 Å². The Labute approximate surface area is 88.0 Å². The normalized spacial score (nSPS) is 28.3. The minimum absolute atomic E-state index is 0.362. The highest BCUT2D eigenvalue weighted by atomic mass is 16.5. The maximum Gasteiger partial charge on any atom is 0.0579 e. The van der Waals surface area contributed by atoms with Gasteiger partial charge in [0.1, 0.15) is 0 Å². The van der Waals surface area contributed by atoms with Gasteiger partial charge in [0.05, 0.1) is 18.3 Å². The van der Waals surface area contributed by atoms with Crippen LogP contribution in [0, 0.1) is 0 Å². The largest absolute Gasteiger partial charge is 0.379 e. The molecule has 1 rings (SSSR count). The second-order valence-corrected chi connectivity index (χ2v) is 4.56. The average Bonchev–Trinajstić information content (AvgIpc) is 2.12. The lowest BCUT2D eigenvalue weighted by atomic mass is 10.0. The molecule has 1 aliphatic heterocycles. The zero-order valence-electron chi connectivity index (χ0n) is 9.79. The first-order chi connectivity index (χ1) is 6.68. The van der Waals surface area contributed by atoms with Crippen LogP contribution >= 0.6 is 0 Å². The Hall–Kier alpha value is -0.0800. The topological polar surface area (TPSA) is 18.5 Å². The standard InChI is InChI=1S/C12H24O2/c1-10(2)13-9-5-8-12-7-4-6-11(3)14-12/h10-12H,4-9H2,1-3H3/t11?,12-/m1/s1. The molecule has 84 valence electrons. The third kappa shape index (κ3) is 4.97. The van der Waals surface area contributed by atoms with Crippen LogP contribution in [-0.2, 0) is 9.47 Å². The molecule has 2 nitrogen and oxygen atoms in total. The summed E-state index contributed by atoms with van der Waals surface area (Å²) in [4.78, 5) is 0. The van der Waals surface area contributed by atoms with Crippen molar-refractivity contribution < 1.29 is 9.47 Å². The van der Waals surface area contributed by atoms with Crippen LogP contribution in [0.5, 0.6) is 0 Å². The predicted molar refractivity (Wildman–Crippen MR) is 58.5 cm³/mol. The fourth-order valence-corrected chi connectivity index (χ4v) is 1.94. The van der Waals surface area contributed by atoms with Gasteiger partial charge in [-0.05, 0) is 52.9 Å². The summed E-state index contributed by atoms with van der Waals surface area (Å²) in [5.41, 5.74) is 0. The molecule has 0 aromatic heterocycles. The van der Waals surface area contributed by atoms with E-state index in [1.165, 1.54) is 19.3 Å². The van der Waals surface area contributed by atoms with Crippen LogP contribution in [0.1, 0.15) is 52.9 Å². The molecule has 2 heteroatoms. The Balaban J connectivity index is 2.00. The van der Waals surface area contributed by atoms with Crippen LogP contribution in [0.2, 0.25) is 0 Å². The van der Waals surface area contributed by atoms with Crippen LogP contribution in [0.4, 0.5) is 0 Å². The summed E-state index contributed by atoms with van der Waals surface area (Å²) in [6, 6.07) is 0. The van der Waals surface area contributed by atoms with Crippen LogP contribution in [-0.4, -0.2) is 24.9 Å². The van der Waals surface area contributed by atoms with Crippen LogP contribution < -0.4 is 0 Å². The number of rotatable bonds is 5. The van der Waals surface area contributed by atoms with Gasteiger partial charge in [0, 0.05) is 6.61 Å². The molecule has 2 atom stereocenters. The molecular weight excluding hydrogens is 176 g/mol. The van der Waals surface area contributed by atoms with E-state index in [2.05, 4.69) is 20.8 Å². The van der Waals surface area contributed by atoms with E-state index in [0.717, 1.165) is 19.4 Å². The third-order valence-corrected chi connectivity index (χ3v) is 2.68. The number of hydrogen-bond acceptors (Lipinski definition) is 2. The van der Waals surface area contributed by atoms with Crippen molar-refractivity contribution in [2.75, 3.05) is 6.61 Å². The Bertz CT molecular complexity index is 145. The summed E-state index contributed by atoms with van der Waals surface area (Å²) in [5.74, 6) is 0. The van der Waals surface area contributed by atoms with E-state index in [4.69, 9.17) is 9.47 Å². The van der Waals surface area contributed by atoms with Crippen LogP contribution in [0.25, 0.3) is 0 Å². The molecule has 0 radical (unpaired) electrons. The van der Waals surface area contributed by atoms with Crippen LogP contribution in [0.3, 0.4) is 0 Å². The fraction of sp³-hybridized carbons (Fsp3) is 1.00. The molecule has 0 spiro atoms. The molecule has 1 aliphatic rings. The molecule has 0 amide bonds. The molecule has 14 heavy (non-hydrogen) atoms. The average molecular weight is 200 g/mol. The Kier molecular flexibility index (Phi) is 5.49. The quantitative estimate of drug-likeness (QED) is 0.635. The van der Waals surface area contributed by atoms with Crippen molar-refractivity contribution in [1.82, 2.24) is 0 Å². The van der Waals surface area contributed by atoms with E-state index < -0.39 is 0 Å². The van der Waals surface area contributed by atoms with Gasteiger partial charge in [-0.3, -0.25) is 0 Å². The van der Waals surface area contributed by atoms with E-state index in [-0.39, 0.29) is 0 Å². The molecule has 1 unspecified atom stereocenters. The minimum Gasteiger partial charge on any atom is -0.379 e. The van der Waals surface area contributed by atoms with E-state index in [1.54, 1.807) is 0 Å². The van der Waals surface area contributed by atoms with Gasteiger partial charge in [0.25, 0.3) is 0 Å². The second-order valence-electron chi connectivity index (χ2n) is 4.56. The van der Waals surface area contributed by atoms with Crippen molar-refractivity contribution in [2.45, 2.75) is 71.2 Å². The van der Waals surface area contributed by atoms with Crippen LogP contribution in [0.15, 0.2) is 0 Å². The van der Waals surface area contributed by atoms with E-state index >= 15 is 0 Å². The van der Waals surface area contributed by atoms with Crippen molar-refractivity contribution in [3.63, 3.8) is 0 Å². The molecule has 0 aromatic carbocycles. The Morgan fingerprint density at radius 3 is 2.79 bits per heavy atom.